The summed E-state index contributed by atoms with van der Waals surface area (Å²) in [6.07, 6.45) is 7.56. The van der Waals surface area contributed by atoms with Crippen molar-refractivity contribution in [3.63, 3.8) is 0 Å². The first-order chi connectivity index (χ1) is 9.74. The fraction of sp³-hybridized carbons (Fsp3) is 0.0588. The van der Waals surface area contributed by atoms with E-state index >= 15 is 0 Å². The summed E-state index contributed by atoms with van der Waals surface area (Å²) in [5.74, 6) is 0. The zero-order chi connectivity index (χ0) is 13.9. The van der Waals surface area contributed by atoms with Gasteiger partial charge in [-0.25, -0.2) is 0 Å². The summed E-state index contributed by atoms with van der Waals surface area (Å²) in [5.41, 5.74) is 2.96. The zero-order valence-corrected chi connectivity index (χ0v) is 11.1. The minimum absolute atomic E-state index is 0.0604. The Balaban J connectivity index is 2.05. The molecule has 3 heteroatoms. The highest BCUT2D eigenvalue weighted by atomic mass is 16.1. The Kier molecular flexibility index (Phi) is 3.17. The molecule has 3 rings (SSSR count). The topological polar surface area (TPSA) is 45.8 Å². The van der Waals surface area contributed by atoms with Crippen molar-refractivity contribution in [3.8, 4) is 0 Å². The lowest BCUT2D eigenvalue weighted by molar-refractivity contribution is 1.19. The van der Waals surface area contributed by atoms with Crippen molar-refractivity contribution in [2.75, 3.05) is 0 Å². The van der Waals surface area contributed by atoms with Crippen molar-refractivity contribution >= 4 is 22.9 Å². The number of hydrogen-bond donors (Lipinski definition) is 1. The maximum Gasteiger partial charge on any atom is 0.255 e. The van der Waals surface area contributed by atoms with Crippen molar-refractivity contribution < 1.29 is 0 Å². The van der Waals surface area contributed by atoms with Crippen molar-refractivity contribution in [1.82, 2.24) is 9.97 Å². The Labute approximate surface area is 116 Å². The molecule has 20 heavy (non-hydrogen) atoms. The summed E-state index contributed by atoms with van der Waals surface area (Å²) in [6.45, 7) is 1.96. The van der Waals surface area contributed by atoms with Gasteiger partial charge in [-0.1, -0.05) is 36.4 Å². The van der Waals surface area contributed by atoms with Gasteiger partial charge >= 0.3 is 0 Å². The zero-order valence-electron chi connectivity index (χ0n) is 11.1. The van der Waals surface area contributed by atoms with Gasteiger partial charge in [-0.2, -0.15) is 0 Å². The number of benzene rings is 1. The first-order valence-corrected chi connectivity index (χ1v) is 6.45. The van der Waals surface area contributed by atoms with Crippen LogP contribution in [0, 0.1) is 6.92 Å². The standard InChI is InChI=1S/C17H14N2O/c1-12-6-7-13(10-18-12)8-9-14-11-19-17(20)16-5-3-2-4-15(14)16/h2-11H,1H3,(H,19,20). The van der Waals surface area contributed by atoms with Gasteiger partial charge in [0.25, 0.3) is 5.56 Å². The van der Waals surface area contributed by atoms with Gasteiger partial charge in [0, 0.05) is 23.5 Å². The molecular formula is C17H14N2O. The molecule has 0 saturated carbocycles. The summed E-state index contributed by atoms with van der Waals surface area (Å²) in [6, 6.07) is 11.6. The van der Waals surface area contributed by atoms with E-state index in [1.165, 1.54) is 0 Å². The summed E-state index contributed by atoms with van der Waals surface area (Å²) >= 11 is 0. The van der Waals surface area contributed by atoms with Crippen molar-refractivity contribution in [3.05, 3.63) is 76.0 Å². The molecule has 1 N–H and O–H groups in total. The van der Waals surface area contributed by atoms with Crippen LogP contribution in [0.1, 0.15) is 16.8 Å². The normalized spacial score (nSPS) is 11.2. The number of fused-ring (bicyclic) bond motifs is 1. The van der Waals surface area contributed by atoms with Crippen molar-refractivity contribution in [2.24, 2.45) is 0 Å². The van der Waals surface area contributed by atoms with Crippen LogP contribution in [0.15, 0.2) is 53.6 Å². The summed E-state index contributed by atoms with van der Waals surface area (Å²) in [4.78, 5) is 18.8. The second kappa shape index (κ2) is 5.13. The quantitative estimate of drug-likeness (QED) is 0.769. The SMILES string of the molecule is Cc1ccc(C=Cc2c[nH]c(=O)c3ccccc23)cn1. The molecule has 0 saturated heterocycles. The van der Waals surface area contributed by atoms with E-state index in [0.717, 1.165) is 22.2 Å². The molecule has 3 nitrogen and oxygen atoms in total. The third-order valence-electron chi connectivity index (χ3n) is 3.23. The molecule has 0 amide bonds. The monoisotopic (exact) mass is 262 g/mol. The molecule has 0 atom stereocenters. The van der Waals surface area contributed by atoms with Gasteiger partial charge in [-0.3, -0.25) is 9.78 Å². The van der Waals surface area contributed by atoms with E-state index < -0.39 is 0 Å². The third-order valence-corrected chi connectivity index (χ3v) is 3.23. The summed E-state index contributed by atoms with van der Waals surface area (Å²) < 4.78 is 0. The highest BCUT2D eigenvalue weighted by Crippen LogP contribution is 2.16. The predicted molar refractivity (Wildman–Crippen MR) is 82.5 cm³/mol. The molecule has 1 aromatic carbocycles. The van der Waals surface area contributed by atoms with Gasteiger partial charge in [0.1, 0.15) is 0 Å². The predicted octanol–water partition coefficient (Wildman–Crippen LogP) is 3.40. The van der Waals surface area contributed by atoms with Crippen LogP contribution in [-0.2, 0) is 0 Å². The van der Waals surface area contributed by atoms with Crippen molar-refractivity contribution in [1.29, 1.82) is 0 Å². The van der Waals surface area contributed by atoms with Gasteiger partial charge in [0.15, 0.2) is 0 Å². The number of aryl methyl sites for hydroxylation is 1. The number of pyridine rings is 2. The molecular weight excluding hydrogens is 248 g/mol. The van der Waals surface area contributed by atoms with Crippen LogP contribution in [-0.4, -0.2) is 9.97 Å². The van der Waals surface area contributed by atoms with Crippen LogP contribution in [0.2, 0.25) is 0 Å². The van der Waals surface area contributed by atoms with Crippen molar-refractivity contribution in [2.45, 2.75) is 6.92 Å². The second-order valence-electron chi connectivity index (χ2n) is 4.68. The van der Waals surface area contributed by atoms with E-state index in [0.29, 0.717) is 5.39 Å². The van der Waals surface area contributed by atoms with Gasteiger partial charge in [-0.15, -0.1) is 0 Å². The molecule has 0 aliphatic heterocycles. The highest BCUT2D eigenvalue weighted by Gasteiger charge is 2.01. The summed E-state index contributed by atoms with van der Waals surface area (Å²) in [7, 11) is 0. The number of nitrogens with one attached hydrogen (secondary N) is 1. The Morgan fingerprint density at radius 3 is 2.60 bits per heavy atom. The van der Waals surface area contributed by atoms with E-state index in [1.54, 1.807) is 6.20 Å². The number of aromatic nitrogens is 2. The van der Waals surface area contributed by atoms with Gasteiger partial charge in [0.2, 0.25) is 0 Å². The van der Waals surface area contributed by atoms with Crippen LogP contribution >= 0.6 is 0 Å². The molecule has 2 aromatic heterocycles. The van der Waals surface area contributed by atoms with Crippen LogP contribution in [0.5, 0.6) is 0 Å². The number of aromatic amines is 1. The Hall–Kier alpha value is -2.68. The molecule has 0 aliphatic rings. The Morgan fingerprint density at radius 1 is 1.05 bits per heavy atom. The van der Waals surface area contributed by atoms with E-state index in [9.17, 15) is 4.79 Å². The lowest BCUT2D eigenvalue weighted by Gasteiger charge is -2.01. The average molecular weight is 262 g/mol. The third kappa shape index (κ3) is 2.38. The van der Waals surface area contributed by atoms with Crippen LogP contribution in [0.4, 0.5) is 0 Å². The van der Waals surface area contributed by atoms with Crippen LogP contribution in [0.25, 0.3) is 22.9 Å². The Morgan fingerprint density at radius 2 is 1.85 bits per heavy atom. The van der Waals surface area contributed by atoms with Gasteiger partial charge in [0.05, 0.1) is 0 Å². The van der Waals surface area contributed by atoms with E-state index in [-0.39, 0.29) is 5.56 Å². The lowest BCUT2D eigenvalue weighted by Crippen LogP contribution is -2.05. The van der Waals surface area contributed by atoms with Crippen LogP contribution in [0.3, 0.4) is 0 Å². The fourth-order valence-corrected chi connectivity index (χ4v) is 2.13. The first kappa shape index (κ1) is 12.4. The lowest BCUT2D eigenvalue weighted by atomic mass is 10.1. The second-order valence-corrected chi connectivity index (χ2v) is 4.68. The number of hydrogen-bond acceptors (Lipinski definition) is 2. The maximum atomic E-state index is 11.8. The van der Waals surface area contributed by atoms with E-state index in [2.05, 4.69) is 9.97 Å². The smallest absolute Gasteiger partial charge is 0.255 e. The van der Waals surface area contributed by atoms with Crippen LogP contribution < -0.4 is 5.56 Å². The Bertz CT molecular complexity index is 829. The molecule has 0 aliphatic carbocycles. The fourth-order valence-electron chi connectivity index (χ4n) is 2.13. The molecule has 0 unspecified atom stereocenters. The molecule has 2 heterocycles. The molecule has 0 spiro atoms. The number of rotatable bonds is 2. The maximum absolute atomic E-state index is 11.8. The number of nitrogens with zero attached hydrogens (tertiary/aromatic N) is 1. The van der Waals surface area contributed by atoms with E-state index in [1.807, 2.05) is 61.7 Å². The first-order valence-electron chi connectivity index (χ1n) is 6.45. The molecule has 3 aromatic rings. The molecule has 0 fully saturated rings. The molecule has 0 bridgehead atoms. The highest BCUT2D eigenvalue weighted by molar-refractivity contribution is 5.91. The van der Waals surface area contributed by atoms with Gasteiger partial charge in [-0.05, 0) is 35.6 Å². The number of H-pyrrole nitrogens is 1. The molecule has 0 radical (unpaired) electrons. The minimum atomic E-state index is -0.0604. The van der Waals surface area contributed by atoms with Gasteiger partial charge < -0.3 is 4.98 Å². The van der Waals surface area contributed by atoms with E-state index in [4.69, 9.17) is 0 Å². The summed E-state index contributed by atoms with van der Waals surface area (Å²) in [5, 5.41) is 1.66. The average Bonchev–Trinajstić information content (AvgIpc) is 2.49. The minimum Gasteiger partial charge on any atom is -0.328 e. The largest absolute Gasteiger partial charge is 0.328 e. The molecule has 98 valence electrons.